The van der Waals surface area contributed by atoms with E-state index in [0.717, 1.165) is 26.1 Å². The van der Waals surface area contributed by atoms with Gasteiger partial charge in [-0.15, -0.1) is 0 Å². The van der Waals surface area contributed by atoms with E-state index in [1.54, 1.807) is 0 Å². The van der Waals surface area contributed by atoms with Crippen molar-refractivity contribution in [3.05, 3.63) is 0 Å². The first kappa shape index (κ1) is 39.4. The average Bonchev–Trinajstić information content (AvgIpc) is 2.76. The fourth-order valence-electron chi connectivity index (χ4n) is 1.40. The van der Waals surface area contributed by atoms with Gasteiger partial charge < -0.3 is 9.84 Å². The number of hydrogen-bond acceptors (Lipinski definition) is 2. The van der Waals surface area contributed by atoms with E-state index in [0.29, 0.717) is 6.61 Å². The normalized spacial score (nSPS) is 9.52. The van der Waals surface area contributed by atoms with E-state index in [-0.39, 0.29) is 5.41 Å². The molecule has 0 aliphatic heterocycles. The maximum absolute atomic E-state index is 8.59. The number of aliphatic hydroxyl groups is 1. The van der Waals surface area contributed by atoms with E-state index in [1.807, 2.05) is 20.8 Å². The second-order valence-corrected chi connectivity index (χ2v) is 8.29. The third-order valence-corrected chi connectivity index (χ3v) is 4.35. The molecule has 0 rings (SSSR count). The van der Waals surface area contributed by atoms with Gasteiger partial charge in [0.25, 0.3) is 0 Å². The molecular formula is C27H64O2. The van der Waals surface area contributed by atoms with Crippen LogP contribution in [0.2, 0.25) is 0 Å². The molecule has 0 spiro atoms. The van der Waals surface area contributed by atoms with Crippen molar-refractivity contribution in [1.82, 2.24) is 0 Å². The molecule has 2 nitrogen and oxygen atoms in total. The first-order chi connectivity index (χ1) is 13.8. The maximum Gasteiger partial charge on any atom is 0.0482 e. The molecule has 0 saturated carbocycles. The van der Waals surface area contributed by atoms with Gasteiger partial charge in [-0.3, -0.25) is 0 Å². The summed E-state index contributed by atoms with van der Waals surface area (Å²) in [6, 6.07) is 0. The Labute approximate surface area is 188 Å². The fraction of sp³-hybridized carbons (Fsp3) is 1.00. The number of hydrogen-bond donors (Lipinski definition) is 1. The Hall–Kier alpha value is -0.0800. The van der Waals surface area contributed by atoms with Crippen molar-refractivity contribution >= 4 is 0 Å². The van der Waals surface area contributed by atoms with Crippen molar-refractivity contribution in [2.75, 3.05) is 19.8 Å². The molecule has 0 amide bonds. The Morgan fingerprint density at radius 3 is 0.966 bits per heavy atom. The van der Waals surface area contributed by atoms with Crippen LogP contribution in [0.3, 0.4) is 0 Å². The zero-order valence-electron chi connectivity index (χ0n) is 23.0. The van der Waals surface area contributed by atoms with E-state index < -0.39 is 0 Å². The van der Waals surface area contributed by atoms with Crippen LogP contribution in [0.1, 0.15) is 153 Å². The molecule has 0 bridgehead atoms. The topological polar surface area (TPSA) is 29.5 Å². The van der Waals surface area contributed by atoms with Crippen LogP contribution in [0.25, 0.3) is 0 Å². The number of aliphatic hydroxyl groups excluding tert-OH is 1. The minimum absolute atomic E-state index is 0.139. The van der Waals surface area contributed by atoms with Gasteiger partial charge in [0.1, 0.15) is 0 Å². The highest BCUT2D eigenvalue weighted by Gasteiger charge is 2.11. The Morgan fingerprint density at radius 2 is 0.897 bits per heavy atom. The molecule has 0 saturated heterocycles. The van der Waals surface area contributed by atoms with Crippen LogP contribution in [0.4, 0.5) is 0 Å². The van der Waals surface area contributed by atoms with Crippen LogP contribution in [0, 0.1) is 5.41 Å². The molecule has 0 aliphatic rings. The van der Waals surface area contributed by atoms with Crippen LogP contribution in [-0.4, -0.2) is 24.9 Å². The predicted molar refractivity (Wildman–Crippen MR) is 138 cm³/mol. The summed E-state index contributed by atoms with van der Waals surface area (Å²) in [7, 11) is 0. The lowest BCUT2D eigenvalue weighted by Crippen LogP contribution is -2.14. The molecule has 2 heteroatoms. The first-order valence-electron chi connectivity index (χ1n) is 13.0. The number of ether oxygens (including phenoxy) is 1. The van der Waals surface area contributed by atoms with Gasteiger partial charge in [-0.1, -0.05) is 133 Å². The van der Waals surface area contributed by atoms with Crippen LogP contribution in [0.15, 0.2) is 0 Å². The Bertz CT molecular complexity index is 164. The minimum Gasteiger partial charge on any atom is -0.396 e. The smallest absolute Gasteiger partial charge is 0.0482 e. The Balaban J connectivity index is -0.0000000836. The van der Waals surface area contributed by atoms with E-state index in [2.05, 4.69) is 55.4 Å². The molecule has 0 unspecified atom stereocenters. The minimum atomic E-state index is 0.139. The van der Waals surface area contributed by atoms with Crippen LogP contribution < -0.4 is 0 Å². The van der Waals surface area contributed by atoms with Crippen molar-refractivity contribution in [3.8, 4) is 0 Å². The van der Waals surface area contributed by atoms with Gasteiger partial charge in [0.2, 0.25) is 0 Å². The molecule has 0 radical (unpaired) electrons. The molecule has 0 aromatic carbocycles. The van der Waals surface area contributed by atoms with Crippen LogP contribution in [0.5, 0.6) is 0 Å². The molecule has 0 atom stereocenters. The summed E-state index contributed by atoms with van der Waals surface area (Å²) >= 11 is 0. The summed E-state index contributed by atoms with van der Waals surface area (Å²) in [6.07, 6.45) is 15.9. The van der Waals surface area contributed by atoms with Crippen LogP contribution >= 0.6 is 0 Å². The number of unbranched alkanes of at least 4 members (excludes halogenated alkanes) is 7. The molecule has 0 aromatic heterocycles. The first-order valence-corrected chi connectivity index (χ1v) is 13.0. The van der Waals surface area contributed by atoms with E-state index >= 15 is 0 Å². The largest absolute Gasteiger partial charge is 0.396 e. The lowest BCUT2D eigenvalue weighted by molar-refractivity contribution is 0.148. The van der Waals surface area contributed by atoms with Gasteiger partial charge in [0.15, 0.2) is 0 Å². The van der Waals surface area contributed by atoms with Crippen molar-refractivity contribution in [2.45, 2.75) is 153 Å². The van der Waals surface area contributed by atoms with Crippen molar-refractivity contribution in [2.24, 2.45) is 5.41 Å². The van der Waals surface area contributed by atoms with Crippen LogP contribution in [-0.2, 0) is 4.74 Å². The standard InChI is InChI=1S/C6H14O.2C6H14.C5H12O.C4H10/c1-4-6(2,3)5-7;3*1-3-5-6-4-2;1-3-4-2/h7H,4-5H2,1-3H3;2*3-6H2,1-2H3;3-5H2,1-2H3;3-4H2,1-2H3. The SMILES string of the molecule is CCC(C)(C)CO.CCCC.CCCCCC.CCCCCC.CCCOCC. The summed E-state index contributed by atoms with van der Waals surface area (Å²) in [6.45, 7) is 25.6. The predicted octanol–water partition coefficient (Wildman–Crippen LogP) is 9.83. The van der Waals surface area contributed by atoms with Crippen molar-refractivity contribution in [3.63, 3.8) is 0 Å². The highest BCUT2D eigenvalue weighted by Crippen LogP contribution is 2.16. The van der Waals surface area contributed by atoms with Gasteiger partial charge in [0, 0.05) is 19.8 Å². The maximum atomic E-state index is 8.59. The summed E-state index contributed by atoms with van der Waals surface area (Å²) < 4.78 is 4.98. The second kappa shape index (κ2) is 42.1. The van der Waals surface area contributed by atoms with Crippen molar-refractivity contribution in [1.29, 1.82) is 0 Å². The zero-order valence-corrected chi connectivity index (χ0v) is 23.0. The van der Waals surface area contributed by atoms with Gasteiger partial charge >= 0.3 is 0 Å². The summed E-state index contributed by atoms with van der Waals surface area (Å²) in [5, 5.41) is 8.59. The fourth-order valence-corrected chi connectivity index (χ4v) is 1.40. The van der Waals surface area contributed by atoms with E-state index in [9.17, 15) is 0 Å². The third kappa shape index (κ3) is 74.0. The molecule has 0 aliphatic carbocycles. The van der Waals surface area contributed by atoms with Gasteiger partial charge in [-0.25, -0.2) is 0 Å². The highest BCUT2D eigenvalue weighted by molar-refractivity contribution is 4.62. The monoisotopic (exact) mass is 420 g/mol. The molecule has 0 heterocycles. The molecule has 0 aromatic rings. The summed E-state index contributed by atoms with van der Waals surface area (Å²) in [5.41, 5.74) is 0.139. The summed E-state index contributed by atoms with van der Waals surface area (Å²) in [5.74, 6) is 0. The average molecular weight is 421 g/mol. The van der Waals surface area contributed by atoms with Gasteiger partial charge in [0.05, 0.1) is 0 Å². The van der Waals surface area contributed by atoms with Gasteiger partial charge in [-0.05, 0) is 25.2 Å². The van der Waals surface area contributed by atoms with E-state index in [4.69, 9.17) is 9.84 Å². The Morgan fingerprint density at radius 1 is 0.552 bits per heavy atom. The lowest BCUT2D eigenvalue weighted by atomic mass is 9.92. The quantitative estimate of drug-likeness (QED) is 0.318. The number of rotatable bonds is 12. The molecule has 0 fully saturated rings. The molecule has 29 heavy (non-hydrogen) atoms. The second-order valence-electron chi connectivity index (χ2n) is 8.29. The molecule has 184 valence electrons. The van der Waals surface area contributed by atoms with E-state index in [1.165, 1.54) is 64.2 Å². The Kier molecular flexibility index (Phi) is 57.2. The molecular weight excluding hydrogens is 356 g/mol. The summed E-state index contributed by atoms with van der Waals surface area (Å²) in [4.78, 5) is 0. The highest BCUT2D eigenvalue weighted by atomic mass is 16.5. The zero-order chi connectivity index (χ0) is 23.8. The van der Waals surface area contributed by atoms with Gasteiger partial charge in [-0.2, -0.15) is 0 Å². The third-order valence-electron chi connectivity index (χ3n) is 4.35. The molecule has 1 N–H and O–H groups in total. The lowest BCUT2D eigenvalue weighted by Gasteiger charge is -2.17. The van der Waals surface area contributed by atoms with Crippen molar-refractivity contribution < 1.29 is 9.84 Å².